The van der Waals surface area contributed by atoms with Crippen LogP contribution in [0.25, 0.3) is 21.9 Å². The van der Waals surface area contributed by atoms with Crippen molar-refractivity contribution in [2.24, 2.45) is 7.05 Å². The first-order valence-corrected chi connectivity index (χ1v) is 7.58. The molecule has 0 atom stereocenters. The van der Waals surface area contributed by atoms with Crippen molar-refractivity contribution in [2.45, 2.75) is 6.92 Å². The van der Waals surface area contributed by atoms with Crippen LogP contribution in [0.4, 0.5) is 5.69 Å². The summed E-state index contributed by atoms with van der Waals surface area (Å²) in [6, 6.07) is 11.2. The van der Waals surface area contributed by atoms with Crippen LogP contribution >= 0.6 is 0 Å². The minimum absolute atomic E-state index is 0.184. The van der Waals surface area contributed by atoms with Gasteiger partial charge in [0.2, 0.25) is 0 Å². The van der Waals surface area contributed by atoms with Gasteiger partial charge in [-0.2, -0.15) is 5.10 Å². The number of carbonyl (C=O) groups is 1. The lowest BCUT2D eigenvalue weighted by Gasteiger charge is -2.07. The van der Waals surface area contributed by atoms with E-state index in [0.29, 0.717) is 11.3 Å². The Morgan fingerprint density at radius 2 is 1.96 bits per heavy atom. The lowest BCUT2D eigenvalue weighted by Crippen LogP contribution is -2.12. The number of carbonyl (C=O) groups excluding carboxylic acids is 1. The molecule has 6 nitrogen and oxygen atoms in total. The molecule has 118 valence electrons. The van der Waals surface area contributed by atoms with Crippen molar-refractivity contribution in [1.82, 2.24) is 19.7 Å². The Kier molecular flexibility index (Phi) is 3.23. The Hall–Kier alpha value is -3.28. The van der Waals surface area contributed by atoms with Gasteiger partial charge in [0.1, 0.15) is 0 Å². The highest BCUT2D eigenvalue weighted by Crippen LogP contribution is 2.21. The maximum absolute atomic E-state index is 12.7. The molecule has 4 aromatic rings. The number of amides is 1. The van der Waals surface area contributed by atoms with Gasteiger partial charge in [0.25, 0.3) is 5.91 Å². The largest absolute Gasteiger partial charge is 0.321 e. The minimum Gasteiger partial charge on any atom is -0.321 e. The predicted molar refractivity (Wildman–Crippen MR) is 92.9 cm³/mol. The summed E-state index contributed by atoms with van der Waals surface area (Å²) in [5.74, 6) is -0.184. The fraction of sp³-hybridized carbons (Fsp3) is 0.111. The van der Waals surface area contributed by atoms with Crippen molar-refractivity contribution in [3.8, 4) is 0 Å². The third-order valence-corrected chi connectivity index (χ3v) is 4.01. The summed E-state index contributed by atoms with van der Waals surface area (Å²) in [4.78, 5) is 21.3. The highest BCUT2D eigenvalue weighted by atomic mass is 16.1. The van der Waals surface area contributed by atoms with Gasteiger partial charge < -0.3 is 5.32 Å². The number of pyridine rings is 2. The molecule has 1 amide bonds. The van der Waals surface area contributed by atoms with Crippen molar-refractivity contribution < 1.29 is 4.79 Å². The van der Waals surface area contributed by atoms with Gasteiger partial charge in [-0.15, -0.1) is 0 Å². The number of hydrogen-bond donors (Lipinski definition) is 1. The zero-order chi connectivity index (χ0) is 16.7. The summed E-state index contributed by atoms with van der Waals surface area (Å²) in [6.45, 7) is 1.92. The Bertz CT molecular complexity index is 1080. The van der Waals surface area contributed by atoms with Crippen LogP contribution in [-0.2, 0) is 7.05 Å². The lowest BCUT2D eigenvalue weighted by atomic mass is 10.1. The summed E-state index contributed by atoms with van der Waals surface area (Å²) in [7, 11) is 1.85. The van der Waals surface area contributed by atoms with E-state index in [1.807, 2.05) is 44.3 Å². The SMILES string of the molecule is Cc1nn(C)c2ncc(NC(=O)c3ccnc4ccccc34)cc12. The van der Waals surface area contributed by atoms with Gasteiger partial charge in [-0.1, -0.05) is 18.2 Å². The first kappa shape index (κ1) is 14.3. The third-order valence-electron chi connectivity index (χ3n) is 4.01. The normalized spacial score (nSPS) is 11.1. The van der Waals surface area contributed by atoms with Gasteiger partial charge in [-0.3, -0.25) is 14.5 Å². The Morgan fingerprint density at radius 1 is 1.12 bits per heavy atom. The molecule has 0 aliphatic carbocycles. The van der Waals surface area contributed by atoms with Crippen LogP contribution < -0.4 is 5.32 Å². The molecule has 24 heavy (non-hydrogen) atoms. The van der Waals surface area contributed by atoms with E-state index in [0.717, 1.165) is 27.6 Å². The highest BCUT2D eigenvalue weighted by molar-refractivity contribution is 6.12. The number of fused-ring (bicyclic) bond motifs is 2. The molecule has 3 aromatic heterocycles. The van der Waals surface area contributed by atoms with E-state index in [1.54, 1.807) is 23.1 Å². The van der Waals surface area contributed by atoms with Gasteiger partial charge in [0.05, 0.1) is 28.7 Å². The predicted octanol–water partition coefficient (Wildman–Crippen LogP) is 3.08. The maximum Gasteiger partial charge on any atom is 0.256 e. The van der Waals surface area contributed by atoms with E-state index in [-0.39, 0.29) is 5.91 Å². The van der Waals surface area contributed by atoms with Crippen molar-refractivity contribution in [3.63, 3.8) is 0 Å². The molecule has 0 radical (unpaired) electrons. The molecule has 0 unspecified atom stereocenters. The van der Waals surface area contributed by atoms with E-state index < -0.39 is 0 Å². The molecule has 0 aliphatic heterocycles. The maximum atomic E-state index is 12.7. The molecule has 0 saturated carbocycles. The number of para-hydroxylation sites is 1. The standard InChI is InChI=1S/C18H15N5O/c1-11-15-9-12(10-20-17(15)23(2)22-11)21-18(24)14-7-8-19-16-6-4-3-5-13(14)16/h3-10H,1-2H3,(H,21,24). The number of rotatable bonds is 2. The molecule has 0 spiro atoms. The first-order chi connectivity index (χ1) is 11.6. The zero-order valence-electron chi connectivity index (χ0n) is 13.3. The number of nitrogens with zero attached hydrogens (tertiary/aromatic N) is 4. The second-order valence-electron chi connectivity index (χ2n) is 5.63. The number of hydrogen-bond acceptors (Lipinski definition) is 4. The summed E-state index contributed by atoms with van der Waals surface area (Å²) >= 11 is 0. The number of benzene rings is 1. The molecule has 4 rings (SSSR count). The Morgan fingerprint density at radius 3 is 2.83 bits per heavy atom. The number of aromatic nitrogens is 4. The van der Waals surface area contributed by atoms with Crippen molar-refractivity contribution in [2.75, 3.05) is 5.32 Å². The van der Waals surface area contributed by atoms with Crippen molar-refractivity contribution in [1.29, 1.82) is 0 Å². The van der Waals surface area contributed by atoms with Gasteiger partial charge in [0, 0.05) is 24.0 Å². The second kappa shape index (κ2) is 5.42. The van der Waals surface area contributed by atoms with Crippen molar-refractivity contribution >= 4 is 33.5 Å². The molecule has 0 fully saturated rings. The molecule has 0 saturated heterocycles. The van der Waals surface area contributed by atoms with Crippen LogP contribution in [-0.4, -0.2) is 25.7 Å². The van der Waals surface area contributed by atoms with Gasteiger partial charge in [-0.05, 0) is 25.1 Å². The molecule has 0 aliphatic rings. The van der Waals surface area contributed by atoms with E-state index >= 15 is 0 Å². The van der Waals surface area contributed by atoms with Crippen LogP contribution in [0.15, 0.2) is 48.8 Å². The summed E-state index contributed by atoms with van der Waals surface area (Å²) in [5.41, 5.74) is 3.69. The van der Waals surface area contributed by atoms with E-state index in [2.05, 4.69) is 20.4 Å². The molecule has 1 N–H and O–H groups in total. The quantitative estimate of drug-likeness (QED) is 0.616. The molecule has 1 aromatic carbocycles. The average Bonchev–Trinajstić information content (AvgIpc) is 2.88. The van der Waals surface area contributed by atoms with Crippen LogP contribution in [0.2, 0.25) is 0 Å². The topological polar surface area (TPSA) is 72.7 Å². The summed E-state index contributed by atoms with van der Waals surface area (Å²) in [6.07, 6.45) is 3.29. The first-order valence-electron chi connectivity index (χ1n) is 7.58. The Balaban J connectivity index is 1.72. The van der Waals surface area contributed by atoms with Gasteiger partial charge >= 0.3 is 0 Å². The van der Waals surface area contributed by atoms with Crippen LogP contribution in [0.3, 0.4) is 0 Å². The molecular formula is C18H15N5O. The summed E-state index contributed by atoms with van der Waals surface area (Å²) < 4.78 is 1.73. The fourth-order valence-electron chi connectivity index (χ4n) is 2.87. The highest BCUT2D eigenvalue weighted by Gasteiger charge is 2.12. The number of aryl methyl sites for hydroxylation is 2. The van der Waals surface area contributed by atoms with E-state index in [4.69, 9.17) is 0 Å². The lowest BCUT2D eigenvalue weighted by molar-refractivity contribution is 0.102. The minimum atomic E-state index is -0.184. The van der Waals surface area contributed by atoms with Gasteiger partial charge in [0.15, 0.2) is 5.65 Å². The number of anilines is 1. The van der Waals surface area contributed by atoms with Crippen molar-refractivity contribution in [3.05, 3.63) is 60.0 Å². The van der Waals surface area contributed by atoms with Crippen LogP contribution in [0.1, 0.15) is 16.1 Å². The molecular weight excluding hydrogens is 302 g/mol. The van der Waals surface area contributed by atoms with Crippen LogP contribution in [0.5, 0.6) is 0 Å². The Labute approximate surface area is 138 Å². The number of nitrogens with one attached hydrogen (secondary N) is 1. The molecule has 3 heterocycles. The molecule has 6 heteroatoms. The summed E-state index contributed by atoms with van der Waals surface area (Å²) in [5, 5.41) is 9.00. The smallest absolute Gasteiger partial charge is 0.256 e. The van der Waals surface area contributed by atoms with Gasteiger partial charge in [-0.25, -0.2) is 4.98 Å². The second-order valence-corrected chi connectivity index (χ2v) is 5.63. The third kappa shape index (κ3) is 2.28. The molecule has 0 bridgehead atoms. The fourth-order valence-corrected chi connectivity index (χ4v) is 2.87. The average molecular weight is 317 g/mol. The van der Waals surface area contributed by atoms with Crippen LogP contribution in [0, 0.1) is 6.92 Å². The van der Waals surface area contributed by atoms with E-state index in [1.165, 1.54) is 0 Å². The van der Waals surface area contributed by atoms with E-state index in [9.17, 15) is 4.79 Å². The zero-order valence-corrected chi connectivity index (χ0v) is 13.3. The monoisotopic (exact) mass is 317 g/mol.